The summed E-state index contributed by atoms with van der Waals surface area (Å²) >= 11 is 5.09. The molecule has 0 bridgehead atoms. The number of nitrogens with one attached hydrogen (secondary N) is 1. The molecule has 0 aliphatic carbocycles. The highest BCUT2D eigenvalue weighted by Crippen LogP contribution is 2.20. The van der Waals surface area contributed by atoms with Crippen molar-refractivity contribution in [2.75, 3.05) is 4.90 Å². The molecule has 29 heavy (non-hydrogen) atoms. The topological polar surface area (TPSA) is 122 Å². The molecule has 2 aromatic carbocycles. The lowest BCUT2D eigenvalue weighted by Gasteiger charge is -2.31. The van der Waals surface area contributed by atoms with Crippen molar-refractivity contribution in [1.82, 2.24) is 5.32 Å². The second kappa shape index (κ2) is 8.61. The largest absolute Gasteiger partial charge is 0.548 e. The molecule has 8 nitrogen and oxygen atoms in total. The Kier molecular flexibility index (Phi) is 5.99. The van der Waals surface area contributed by atoms with E-state index in [1.165, 1.54) is 17.0 Å². The van der Waals surface area contributed by atoms with Gasteiger partial charge in [-0.25, -0.2) is 0 Å². The number of amides is 2. The third-order valence-electron chi connectivity index (χ3n) is 4.27. The molecule has 0 spiro atoms. The maximum atomic E-state index is 12.8. The molecule has 1 aliphatic heterocycles. The Morgan fingerprint density at radius 1 is 1.21 bits per heavy atom. The van der Waals surface area contributed by atoms with Gasteiger partial charge in [-0.3, -0.25) is 19.5 Å². The molecular weight excluding hydrogens is 394 g/mol. The maximum absolute atomic E-state index is 12.8. The lowest BCUT2D eigenvalue weighted by molar-refractivity contribution is -0.307. The molecule has 2 atom stereocenters. The minimum Gasteiger partial charge on any atom is -0.548 e. The molecule has 0 saturated carbocycles. The molecule has 2 aromatic rings. The van der Waals surface area contributed by atoms with Crippen molar-refractivity contribution < 1.29 is 24.6 Å². The van der Waals surface area contributed by atoms with E-state index < -0.39 is 29.7 Å². The van der Waals surface area contributed by atoms with E-state index in [0.29, 0.717) is 11.3 Å². The number of thiocarbonyl (C=S) groups is 1. The number of aliphatic imine (C=N–C) groups is 1. The van der Waals surface area contributed by atoms with E-state index in [4.69, 9.17) is 12.2 Å². The minimum absolute atomic E-state index is 0.0253. The van der Waals surface area contributed by atoms with Crippen LogP contribution in [0.5, 0.6) is 5.75 Å². The number of benzene rings is 2. The number of nitrogens with zero attached hydrogens (tertiary/aromatic N) is 2. The van der Waals surface area contributed by atoms with Crippen LogP contribution >= 0.6 is 12.2 Å². The summed E-state index contributed by atoms with van der Waals surface area (Å²) in [4.78, 5) is 41.6. The van der Waals surface area contributed by atoms with Crippen LogP contribution in [0, 0.1) is 5.92 Å². The summed E-state index contributed by atoms with van der Waals surface area (Å²) in [7, 11) is 0. The van der Waals surface area contributed by atoms with Crippen molar-refractivity contribution >= 4 is 47.0 Å². The fourth-order valence-electron chi connectivity index (χ4n) is 2.79. The molecule has 3 rings (SSSR count). The molecule has 1 heterocycles. The molecule has 1 fully saturated rings. The predicted molar refractivity (Wildman–Crippen MR) is 107 cm³/mol. The van der Waals surface area contributed by atoms with Crippen LogP contribution in [0.4, 0.5) is 5.69 Å². The van der Waals surface area contributed by atoms with E-state index >= 15 is 0 Å². The summed E-state index contributed by atoms with van der Waals surface area (Å²) in [5.74, 6) is -4.05. The maximum Gasteiger partial charge on any atom is 0.251 e. The van der Waals surface area contributed by atoms with Crippen LogP contribution in [0.25, 0.3) is 0 Å². The molecule has 0 aromatic heterocycles. The van der Waals surface area contributed by atoms with E-state index in [2.05, 4.69) is 10.3 Å². The number of rotatable bonds is 6. The summed E-state index contributed by atoms with van der Waals surface area (Å²) in [6, 6.07) is 13.2. The predicted octanol–water partition coefficient (Wildman–Crippen LogP) is 0.188. The van der Waals surface area contributed by atoms with E-state index in [9.17, 15) is 24.6 Å². The zero-order valence-electron chi connectivity index (χ0n) is 15.0. The first kappa shape index (κ1) is 20.2. The highest BCUT2D eigenvalue weighted by Gasteiger charge is 2.38. The molecular formula is C20H16N3O5S-. The Bertz CT molecular complexity index is 975. The fraction of sp³-hybridized carbons (Fsp3) is 0.150. The number of para-hydroxylation sites is 1. The summed E-state index contributed by atoms with van der Waals surface area (Å²) in [5.41, 5.74) is 1.07. The van der Waals surface area contributed by atoms with Crippen LogP contribution in [0.1, 0.15) is 5.56 Å². The number of carbonyl (C=O) groups excluding carboxylic acids is 3. The zero-order valence-corrected chi connectivity index (χ0v) is 15.8. The molecule has 1 saturated heterocycles. The average molecular weight is 410 g/mol. The normalized spacial score (nSPS) is 18.0. The summed E-state index contributed by atoms with van der Waals surface area (Å²) in [5, 5.41) is 23.1. The number of carboxylic acids is 1. The summed E-state index contributed by atoms with van der Waals surface area (Å²) < 4.78 is 0. The van der Waals surface area contributed by atoms with Gasteiger partial charge in [0.25, 0.3) is 5.91 Å². The standard InChI is InChI=1S/C20H17N3O5S/c24-14-8-6-12(7-9-14)10-16(19(27)28)21-11-15-17(25)22-20(29)23(18(15)26)13-4-2-1-3-5-13/h1-9,11,15-16,24H,10H2,(H,27,28)(H,22,25,29)/p-1/t15-,16-/m1/s1. The Labute approximate surface area is 171 Å². The van der Waals surface area contributed by atoms with Crippen molar-refractivity contribution in [1.29, 1.82) is 0 Å². The average Bonchev–Trinajstić information content (AvgIpc) is 2.68. The Balaban J connectivity index is 1.81. The highest BCUT2D eigenvalue weighted by atomic mass is 32.1. The van der Waals surface area contributed by atoms with Gasteiger partial charge in [0.2, 0.25) is 5.91 Å². The van der Waals surface area contributed by atoms with E-state index in [0.717, 1.165) is 6.21 Å². The van der Waals surface area contributed by atoms with Crippen molar-refractivity contribution in [2.24, 2.45) is 10.9 Å². The second-order valence-electron chi connectivity index (χ2n) is 6.28. The van der Waals surface area contributed by atoms with Gasteiger partial charge in [-0.15, -0.1) is 0 Å². The third kappa shape index (κ3) is 4.64. The number of carbonyl (C=O) groups is 3. The number of hydrogen-bond acceptors (Lipinski definition) is 7. The Morgan fingerprint density at radius 3 is 2.48 bits per heavy atom. The van der Waals surface area contributed by atoms with Crippen molar-refractivity contribution in [3.63, 3.8) is 0 Å². The van der Waals surface area contributed by atoms with Gasteiger partial charge in [0.05, 0.1) is 17.7 Å². The first-order chi connectivity index (χ1) is 13.9. The van der Waals surface area contributed by atoms with Crippen LogP contribution in [-0.2, 0) is 20.8 Å². The minimum atomic E-state index is -1.45. The molecule has 2 amide bonds. The molecule has 148 valence electrons. The van der Waals surface area contributed by atoms with Gasteiger partial charge in [-0.2, -0.15) is 0 Å². The van der Waals surface area contributed by atoms with Gasteiger partial charge in [0, 0.05) is 12.6 Å². The highest BCUT2D eigenvalue weighted by molar-refractivity contribution is 7.80. The Hall–Kier alpha value is -3.59. The molecule has 0 radical (unpaired) electrons. The van der Waals surface area contributed by atoms with Crippen LogP contribution in [0.15, 0.2) is 59.6 Å². The first-order valence-electron chi connectivity index (χ1n) is 8.62. The van der Waals surface area contributed by atoms with Crippen molar-refractivity contribution in [3.05, 3.63) is 60.2 Å². The molecule has 9 heteroatoms. The van der Waals surface area contributed by atoms with Gasteiger partial charge < -0.3 is 20.3 Å². The van der Waals surface area contributed by atoms with Crippen LogP contribution < -0.4 is 15.3 Å². The molecule has 1 aliphatic rings. The quantitative estimate of drug-likeness (QED) is 0.398. The number of hydrogen-bond donors (Lipinski definition) is 2. The van der Waals surface area contributed by atoms with Gasteiger partial charge in [-0.1, -0.05) is 30.3 Å². The first-order valence-corrected chi connectivity index (χ1v) is 9.03. The van der Waals surface area contributed by atoms with Gasteiger partial charge in [-0.05, 0) is 42.0 Å². The lowest BCUT2D eigenvalue weighted by atomic mass is 10.0. The number of phenolic OH excluding ortho intramolecular Hbond substituents is 1. The molecule has 2 N–H and O–H groups in total. The van der Waals surface area contributed by atoms with Gasteiger partial charge >= 0.3 is 0 Å². The Morgan fingerprint density at radius 2 is 1.86 bits per heavy atom. The summed E-state index contributed by atoms with van der Waals surface area (Å²) in [6.45, 7) is 0. The zero-order chi connectivity index (χ0) is 21.0. The fourth-order valence-corrected chi connectivity index (χ4v) is 3.08. The number of carboxylic acid groups (broad SMARTS) is 1. The number of anilines is 1. The molecule has 0 unspecified atom stereocenters. The third-order valence-corrected chi connectivity index (χ3v) is 4.55. The monoisotopic (exact) mass is 410 g/mol. The van der Waals surface area contributed by atoms with Crippen LogP contribution in [0.3, 0.4) is 0 Å². The number of phenols is 1. The van der Waals surface area contributed by atoms with E-state index in [1.807, 2.05) is 0 Å². The van der Waals surface area contributed by atoms with Crippen LogP contribution in [-0.4, -0.2) is 40.3 Å². The van der Waals surface area contributed by atoms with Gasteiger partial charge in [0.15, 0.2) is 11.0 Å². The summed E-state index contributed by atoms with van der Waals surface area (Å²) in [6.07, 6.45) is 0.985. The van der Waals surface area contributed by atoms with E-state index in [-0.39, 0.29) is 17.3 Å². The van der Waals surface area contributed by atoms with Crippen molar-refractivity contribution in [3.8, 4) is 5.75 Å². The van der Waals surface area contributed by atoms with Crippen molar-refractivity contribution in [2.45, 2.75) is 12.5 Å². The SMILES string of the molecule is O=C1NC(=S)N(c2ccccc2)C(=O)[C@@H]1C=N[C@H](Cc1ccc(O)cc1)C(=O)[O-]. The number of aliphatic carboxylic acids is 1. The lowest BCUT2D eigenvalue weighted by Crippen LogP contribution is -2.58. The smallest absolute Gasteiger partial charge is 0.251 e. The van der Waals surface area contributed by atoms with Gasteiger partial charge in [0.1, 0.15) is 5.75 Å². The van der Waals surface area contributed by atoms with E-state index in [1.54, 1.807) is 42.5 Å². The van der Waals surface area contributed by atoms with Crippen LogP contribution in [0.2, 0.25) is 0 Å². The second-order valence-corrected chi connectivity index (χ2v) is 6.67. The number of aromatic hydroxyl groups is 1.